The molecule has 5 aromatic rings. The Kier molecular flexibility index (Phi) is 7.88. The van der Waals surface area contributed by atoms with Crippen LogP contribution in [0.25, 0.3) is 56.8 Å². The topological polar surface area (TPSA) is 52.1 Å². The molecular formula is C45H41ClN2O2. The molecule has 0 bridgehead atoms. The van der Waals surface area contributed by atoms with E-state index in [1.54, 1.807) is 22.8 Å². The largest absolute Gasteiger partial charge is 0.455 e. The number of benzene rings is 2. The van der Waals surface area contributed by atoms with E-state index in [4.69, 9.17) is 30.4 Å². The monoisotopic (exact) mass is 676 g/mol. The summed E-state index contributed by atoms with van der Waals surface area (Å²) in [6, 6.07) is 15.7. The molecule has 0 radical (unpaired) electrons. The van der Waals surface area contributed by atoms with Gasteiger partial charge in [-0.15, -0.1) is 0 Å². The molecule has 5 heteroatoms. The van der Waals surface area contributed by atoms with Crippen LogP contribution >= 0.6 is 11.6 Å². The van der Waals surface area contributed by atoms with E-state index in [-0.39, 0.29) is 11.3 Å². The lowest BCUT2D eigenvalue weighted by Gasteiger charge is -2.37. The fraction of sp³-hybridized carbons (Fsp3) is 0.289. The minimum atomic E-state index is 0.197. The van der Waals surface area contributed by atoms with Crippen LogP contribution in [0.1, 0.15) is 86.9 Å². The summed E-state index contributed by atoms with van der Waals surface area (Å²) in [6.07, 6.45) is 27.3. The Morgan fingerprint density at radius 2 is 1.78 bits per heavy atom. The van der Waals surface area contributed by atoms with Crippen LogP contribution in [0.2, 0.25) is 0 Å². The van der Waals surface area contributed by atoms with Crippen molar-refractivity contribution in [3.63, 3.8) is 0 Å². The maximum atomic E-state index is 7.01. The summed E-state index contributed by atoms with van der Waals surface area (Å²) in [6.45, 7) is 4.01. The Hall–Kier alpha value is -4.67. The zero-order chi connectivity index (χ0) is 33.8. The van der Waals surface area contributed by atoms with Crippen molar-refractivity contribution in [3.05, 3.63) is 129 Å². The first kappa shape index (κ1) is 31.3. The minimum Gasteiger partial charge on any atom is -0.455 e. The molecule has 1 saturated carbocycles. The number of allylic oxidation sites excluding steroid dienone is 9. The molecule has 0 saturated heterocycles. The molecule has 1 spiro atoms. The molecule has 4 nitrogen and oxygen atoms in total. The van der Waals surface area contributed by atoms with E-state index in [1.807, 2.05) is 32.1 Å². The number of fused-ring (bicyclic) bond motifs is 8. The van der Waals surface area contributed by atoms with Gasteiger partial charge >= 0.3 is 0 Å². The summed E-state index contributed by atoms with van der Waals surface area (Å²) >= 11 is 5.77. The van der Waals surface area contributed by atoms with Crippen LogP contribution in [0, 0.1) is 5.92 Å². The number of furan rings is 2. The maximum absolute atomic E-state index is 7.01. The van der Waals surface area contributed by atoms with Gasteiger partial charge in [-0.1, -0.05) is 110 Å². The zero-order valence-corrected chi connectivity index (χ0v) is 29.5. The average molecular weight is 677 g/mol. The number of nitrogens with zero attached hydrogens (tertiary/aromatic N) is 2. The van der Waals surface area contributed by atoms with Crippen molar-refractivity contribution < 1.29 is 8.83 Å². The Morgan fingerprint density at radius 1 is 0.920 bits per heavy atom. The van der Waals surface area contributed by atoms with Gasteiger partial charge < -0.3 is 8.83 Å². The number of halogens is 1. The molecule has 1 atom stereocenters. The predicted molar refractivity (Wildman–Crippen MR) is 206 cm³/mol. The van der Waals surface area contributed by atoms with Crippen LogP contribution in [0.4, 0.5) is 0 Å². The highest BCUT2D eigenvalue weighted by Crippen LogP contribution is 2.58. The Morgan fingerprint density at radius 3 is 2.62 bits per heavy atom. The normalized spacial score (nSPS) is 20.5. The molecular weight excluding hydrogens is 636 g/mol. The van der Waals surface area contributed by atoms with Gasteiger partial charge in [0, 0.05) is 39.5 Å². The molecule has 0 aliphatic heterocycles. The van der Waals surface area contributed by atoms with Crippen molar-refractivity contribution in [3.8, 4) is 11.4 Å². The van der Waals surface area contributed by atoms with Gasteiger partial charge in [0.1, 0.15) is 22.3 Å². The van der Waals surface area contributed by atoms with Crippen LogP contribution in [0.15, 0.2) is 98.9 Å². The number of hydrogen-bond acceptors (Lipinski definition) is 4. The first-order valence-corrected chi connectivity index (χ1v) is 18.7. The quantitative estimate of drug-likeness (QED) is 0.174. The van der Waals surface area contributed by atoms with E-state index >= 15 is 0 Å². The fourth-order valence-corrected chi connectivity index (χ4v) is 9.45. The molecule has 0 amide bonds. The van der Waals surface area contributed by atoms with Gasteiger partial charge in [0.2, 0.25) is 0 Å². The van der Waals surface area contributed by atoms with E-state index in [2.05, 4.69) is 66.8 Å². The molecule has 9 rings (SSSR count). The molecule has 50 heavy (non-hydrogen) atoms. The van der Waals surface area contributed by atoms with E-state index in [1.165, 1.54) is 54.3 Å². The number of rotatable bonds is 5. The molecule has 4 aliphatic rings. The van der Waals surface area contributed by atoms with E-state index in [9.17, 15) is 0 Å². The SMILES string of the molecule is C/C=c1\c(=C/C)oc2c(C/C=C\C=C/Cl)nc(-c3cccc4c5c(oc34)C(C3C=CC4=C(C3)c3ccccc3C43CCCCC3)=CCC5)nc12. The lowest BCUT2D eigenvalue weighted by molar-refractivity contribution is 0.349. The Bertz CT molecular complexity index is 2460. The standard InChI is InChI=1S/C45H41ClN2O2/c1-3-29-39(4-2)49-43-38(21-7-5-12-26-46)47-44(48-40(29)43)34-19-14-18-33-32-17-13-16-30(41(32)50-42(33)34)28-22-23-37-35(27-28)31-15-8-9-20-36(31)45(37)24-10-6-11-25-45/h3-5,7-9,12,14-16,18-20,22-23,26,28H,6,10-11,13,17,21,24-25,27H2,1-2H3/b7-5-,26-12-,29-3+,39-4+. The molecule has 1 unspecified atom stereocenters. The summed E-state index contributed by atoms with van der Waals surface area (Å²) in [5, 5.41) is 2.14. The van der Waals surface area contributed by atoms with Gasteiger partial charge in [-0.2, -0.15) is 0 Å². The molecule has 0 N–H and O–H groups in total. The third kappa shape index (κ3) is 4.79. The first-order chi connectivity index (χ1) is 24.6. The number of para-hydroxylation sites is 1. The fourth-order valence-electron chi connectivity index (χ4n) is 9.36. The van der Waals surface area contributed by atoms with Crippen molar-refractivity contribution in [2.24, 2.45) is 5.92 Å². The van der Waals surface area contributed by atoms with E-state index in [0.29, 0.717) is 17.8 Å². The second-order valence-corrected chi connectivity index (χ2v) is 14.4. The molecule has 2 aromatic carbocycles. The van der Waals surface area contributed by atoms with Crippen LogP contribution in [-0.4, -0.2) is 9.97 Å². The van der Waals surface area contributed by atoms with Crippen LogP contribution in [0.3, 0.4) is 0 Å². The van der Waals surface area contributed by atoms with Crippen LogP contribution < -0.4 is 10.6 Å². The van der Waals surface area contributed by atoms with Crippen molar-refractivity contribution in [1.82, 2.24) is 9.97 Å². The van der Waals surface area contributed by atoms with Crippen molar-refractivity contribution in [1.29, 1.82) is 0 Å². The van der Waals surface area contributed by atoms with Crippen LogP contribution in [-0.2, 0) is 18.3 Å². The van der Waals surface area contributed by atoms with E-state index in [0.717, 1.165) is 63.4 Å². The molecule has 1 fully saturated rings. The third-order valence-corrected chi connectivity index (χ3v) is 11.7. The second kappa shape index (κ2) is 12.6. The third-order valence-electron chi connectivity index (χ3n) is 11.6. The Balaban J connectivity index is 1.14. The van der Waals surface area contributed by atoms with Crippen molar-refractivity contribution in [2.45, 2.75) is 77.0 Å². The highest BCUT2D eigenvalue weighted by Gasteiger charge is 2.46. The van der Waals surface area contributed by atoms with Gasteiger partial charge in [0.25, 0.3) is 0 Å². The highest BCUT2D eigenvalue weighted by molar-refractivity contribution is 6.25. The van der Waals surface area contributed by atoms with Gasteiger partial charge in [0.05, 0.1) is 11.3 Å². The lowest BCUT2D eigenvalue weighted by Crippen LogP contribution is -2.29. The summed E-state index contributed by atoms with van der Waals surface area (Å²) in [5.41, 5.74) is 15.4. The van der Waals surface area contributed by atoms with Crippen molar-refractivity contribution >= 4 is 57.0 Å². The van der Waals surface area contributed by atoms with Gasteiger partial charge in [-0.25, -0.2) is 9.97 Å². The summed E-state index contributed by atoms with van der Waals surface area (Å²) in [5.74, 6) is 1.95. The molecule has 3 aromatic heterocycles. The summed E-state index contributed by atoms with van der Waals surface area (Å²) in [4.78, 5) is 10.3. The molecule has 250 valence electrons. The minimum absolute atomic E-state index is 0.197. The maximum Gasteiger partial charge on any atom is 0.175 e. The van der Waals surface area contributed by atoms with Crippen LogP contribution in [0.5, 0.6) is 0 Å². The number of aromatic nitrogens is 2. The highest BCUT2D eigenvalue weighted by atomic mass is 35.5. The number of aryl methyl sites for hydroxylation is 1. The second-order valence-electron chi connectivity index (χ2n) is 14.1. The Labute approximate surface area is 298 Å². The molecule has 3 heterocycles. The predicted octanol–water partition coefficient (Wildman–Crippen LogP) is 10.7. The first-order valence-electron chi connectivity index (χ1n) is 18.3. The van der Waals surface area contributed by atoms with Crippen molar-refractivity contribution in [2.75, 3.05) is 0 Å². The molecule has 4 aliphatic carbocycles. The van der Waals surface area contributed by atoms with Gasteiger partial charge in [-0.3, -0.25) is 0 Å². The van der Waals surface area contributed by atoms with Gasteiger partial charge in [0.15, 0.2) is 11.4 Å². The number of hydrogen-bond donors (Lipinski definition) is 0. The summed E-state index contributed by atoms with van der Waals surface area (Å²) < 4.78 is 13.3. The van der Waals surface area contributed by atoms with Gasteiger partial charge in [-0.05, 0) is 85.9 Å². The summed E-state index contributed by atoms with van der Waals surface area (Å²) in [7, 11) is 0. The average Bonchev–Trinajstić information content (AvgIpc) is 3.82. The smallest absolute Gasteiger partial charge is 0.175 e. The zero-order valence-electron chi connectivity index (χ0n) is 28.8. The lowest BCUT2D eigenvalue weighted by atomic mass is 9.66. The van der Waals surface area contributed by atoms with E-state index < -0.39 is 0 Å².